The van der Waals surface area contributed by atoms with Crippen LogP contribution in [0.25, 0.3) is 10.9 Å². The number of aromatic amines is 1. The van der Waals surface area contributed by atoms with Gasteiger partial charge in [0.2, 0.25) is 4.77 Å². The Kier molecular flexibility index (Phi) is 4.43. The van der Waals surface area contributed by atoms with Gasteiger partial charge in [0.1, 0.15) is 0 Å². The number of benzene rings is 2. The number of rotatable bonds is 4. The molecular formula is C17H15N3O3S. The molecule has 1 aromatic heterocycles. The third-order valence-electron chi connectivity index (χ3n) is 3.43. The standard InChI is InChI=1S/C17H15N3O3S/c1-2-23-14-9-5-6-11(15(14)21)10-18-20-16(22)12-7-3-4-8-13(12)19-17(20)24/h3-10,21H,2H2,1H3,(H,19,24)/b18-10+. The number of aromatic hydroxyl groups is 1. The van der Waals surface area contributed by atoms with Gasteiger partial charge in [-0.1, -0.05) is 18.2 Å². The first kappa shape index (κ1) is 15.9. The first-order valence-corrected chi connectivity index (χ1v) is 7.76. The number of hydrogen-bond donors (Lipinski definition) is 2. The summed E-state index contributed by atoms with van der Waals surface area (Å²) in [4.78, 5) is 15.5. The predicted octanol–water partition coefficient (Wildman–Crippen LogP) is 3.05. The molecule has 2 aromatic carbocycles. The number of nitrogens with zero attached hydrogens (tertiary/aromatic N) is 2. The van der Waals surface area contributed by atoms with Gasteiger partial charge in [-0.15, -0.1) is 0 Å². The summed E-state index contributed by atoms with van der Waals surface area (Å²) in [6.07, 6.45) is 1.37. The molecule has 0 saturated carbocycles. The minimum Gasteiger partial charge on any atom is -0.504 e. The normalized spacial score (nSPS) is 11.2. The van der Waals surface area contributed by atoms with Crippen LogP contribution in [-0.4, -0.2) is 27.6 Å². The molecule has 122 valence electrons. The maximum atomic E-state index is 12.5. The highest BCUT2D eigenvalue weighted by atomic mass is 32.1. The Balaban J connectivity index is 2.08. The molecular weight excluding hydrogens is 326 g/mol. The van der Waals surface area contributed by atoms with Gasteiger partial charge in [-0.05, 0) is 43.4 Å². The molecule has 3 aromatic rings. The number of aromatic nitrogens is 2. The number of H-pyrrole nitrogens is 1. The summed E-state index contributed by atoms with van der Waals surface area (Å²) in [7, 11) is 0. The predicted molar refractivity (Wildman–Crippen MR) is 95.7 cm³/mol. The fourth-order valence-electron chi connectivity index (χ4n) is 2.29. The van der Waals surface area contributed by atoms with Crippen molar-refractivity contribution < 1.29 is 9.84 Å². The molecule has 2 N–H and O–H groups in total. The zero-order chi connectivity index (χ0) is 17.1. The molecule has 3 rings (SSSR count). The summed E-state index contributed by atoms with van der Waals surface area (Å²) < 4.78 is 6.59. The molecule has 1 heterocycles. The van der Waals surface area contributed by atoms with Crippen LogP contribution in [0.5, 0.6) is 11.5 Å². The molecule has 0 aliphatic rings. The number of ether oxygens (including phenoxy) is 1. The Morgan fingerprint density at radius 3 is 2.88 bits per heavy atom. The van der Waals surface area contributed by atoms with Crippen molar-refractivity contribution >= 4 is 29.3 Å². The average molecular weight is 341 g/mol. The minimum atomic E-state index is -0.328. The summed E-state index contributed by atoms with van der Waals surface area (Å²) in [5.74, 6) is 0.323. The van der Waals surface area contributed by atoms with Crippen molar-refractivity contribution in [1.29, 1.82) is 0 Å². The quantitative estimate of drug-likeness (QED) is 0.565. The lowest BCUT2D eigenvalue weighted by molar-refractivity contribution is 0.318. The van der Waals surface area contributed by atoms with Crippen LogP contribution in [0, 0.1) is 4.77 Å². The summed E-state index contributed by atoms with van der Waals surface area (Å²) in [6, 6.07) is 12.1. The number of para-hydroxylation sites is 2. The second-order valence-electron chi connectivity index (χ2n) is 4.96. The van der Waals surface area contributed by atoms with Gasteiger partial charge >= 0.3 is 0 Å². The molecule has 6 nitrogen and oxygen atoms in total. The zero-order valence-electron chi connectivity index (χ0n) is 12.9. The number of fused-ring (bicyclic) bond motifs is 1. The van der Waals surface area contributed by atoms with E-state index < -0.39 is 0 Å². The summed E-state index contributed by atoms with van der Waals surface area (Å²) in [5, 5.41) is 14.8. The number of hydrogen-bond acceptors (Lipinski definition) is 5. The Hall–Kier alpha value is -2.93. The lowest BCUT2D eigenvalue weighted by atomic mass is 10.2. The second-order valence-corrected chi connectivity index (χ2v) is 5.35. The van der Waals surface area contributed by atoms with Crippen molar-refractivity contribution in [2.75, 3.05) is 6.61 Å². The lowest BCUT2D eigenvalue weighted by Gasteiger charge is -2.07. The molecule has 0 spiro atoms. The second kappa shape index (κ2) is 6.67. The van der Waals surface area contributed by atoms with Crippen LogP contribution in [-0.2, 0) is 0 Å². The average Bonchev–Trinajstić information content (AvgIpc) is 2.58. The fraction of sp³-hybridized carbons (Fsp3) is 0.118. The SMILES string of the molecule is CCOc1cccc(/C=N/n2c(=S)[nH]c3ccccc3c2=O)c1O. The lowest BCUT2D eigenvalue weighted by Crippen LogP contribution is -2.18. The van der Waals surface area contributed by atoms with Crippen LogP contribution in [0.1, 0.15) is 12.5 Å². The molecule has 0 unspecified atom stereocenters. The molecule has 0 radical (unpaired) electrons. The smallest absolute Gasteiger partial charge is 0.282 e. The van der Waals surface area contributed by atoms with Gasteiger partial charge in [0.25, 0.3) is 5.56 Å². The topological polar surface area (TPSA) is 79.6 Å². The van der Waals surface area contributed by atoms with Gasteiger partial charge in [-0.25, -0.2) is 0 Å². The van der Waals surface area contributed by atoms with E-state index in [0.29, 0.717) is 28.8 Å². The van der Waals surface area contributed by atoms with E-state index in [0.717, 1.165) is 4.68 Å². The highest BCUT2D eigenvalue weighted by Gasteiger charge is 2.07. The Morgan fingerprint density at radius 2 is 2.08 bits per heavy atom. The maximum absolute atomic E-state index is 12.5. The molecule has 0 amide bonds. The molecule has 7 heteroatoms. The van der Waals surface area contributed by atoms with Crippen LogP contribution in [0.2, 0.25) is 0 Å². The Morgan fingerprint density at radius 1 is 1.29 bits per heavy atom. The molecule has 0 saturated heterocycles. The van der Waals surface area contributed by atoms with Crippen LogP contribution >= 0.6 is 12.2 Å². The van der Waals surface area contributed by atoms with Crippen molar-refractivity contribution in [1.82, 2.24) is 9.66 Å². The third-order valence-corrected chi connectivity index (χ3v) is 3.70. The first-order valence-electron chi connectivity index (χ1n) is 7.35. The van der Waals surface area contributed by atoms with Gasteiger partial charge in [-0.2, -0.15) is 9.78 Å². The summed E-state index contributed by atoms with van der Waals surface area (Å²) in [6.45, 7) is 2.26. The summed E-state index contributed by atoms with van der Waals surface area (Å²) >= 11 is 5.19. The van der Waals surface area contributed by atoms with E-state index in [2.05, 4.69) is 10.1 Å². The van der Waals surface area contributed by atoms with Gasteiger partial charge < -0.3 is 14.8 Å². The van der Waals surface area contributed by atoms with Crippen molar-refractivity contribution in [3.8, 4) is 11.5 Å². The van der Waals surface area contributed by atoms with E-state index in [1.165, 1.54) is 6.21 Å². The molecule has 24 heavy (non-hydrogen) atoms. The van der Waals surface area contributed by atoms with E-state index in [4.69, 9.17) is 17.0 Å². The number of phenols is 1. The number of phenolic OH excluding ortho intramolecular Hbond substituents is 1. The van der Waals surface area contributed by atoms with Gasteiger partial charge in [0.05, 0.1) is 23.7 Å². The third kappa shape index (κ3) is 2.93. The maximum Gasteiger partial charge on any atom is 0.282 e. The monoisotopic (exact) mass is 341 g/mol. The van der Waals surface area contributed by atoms with E-state index in [-0.39, 0.29) is 16.1 Å². The van der Waals surface area contributed by atoms with Gasteiger partial charge in [0, 0.05) is 5.56 Å². The zero-order valence-corrected chi connectivity index (χ0v) is 13.7. The van der Waals surface area contributed by atoms with Gasteiger partial charge in [-0.3, -0.25) is 4.79 Å². The van der Waals surface area contributed by atoms with E-state index in [1.54, 1.807) is 36.4 Å². The molecule has 0 bridgehead atoms. The largest absolute Gasteiger partial charge is 0.504 e. The van der Waals surface area contributed by atoms with E-state index >= 15 is 0 Å². The van der Waals surface area contributed by atoms with Crippen LogP contribution < -0.4 is 10.3 Å². The van der Waals surface area contributed by atoms with E-state index in [9.17, 15) is 9.90 Å². The van der Waals surface area contributed by atoms with Crippen molar-refractivity contribution in [3.63, 3.8) is 0 Å². The molecule has 0 fully saturated rings. The first-order chi connectivity index (χ1) is 11.6. The number of nitrogens with one attached hydrogen (secondary N) is 1. The Bertz CT molecular complexity index is 1040. The van der Waals surface area contributed by atoms with Crippen LogP contribution in [0.4, 0.5) is 0 Å². The van der Waals surface area contributed by atoms with Gasteiger partial charge in [0.15, 0.2) is 11.5 Å². The van der Waals surface area contributed by atoms with Crippen molar-refractivity contribution in [2.45, 2.75) is 6.92 Å². The highest BCUT2D eigenvalue weighted by molar-refractivity contribution is 7.71. The Labute approximate surface area is 142 Å². The molecule has 0 aliphatic heterocycles. The van der Waals surface area contributed by atoms with Crippen molar-refractivity contribution in [2.24, 2.45) is 5.10 Å². The van der Waals surface area contributed by atoms with Crippen LogP contribution in [0.15, 0.2) is 52.4 Å². The summed E-state index contributed by atoms with van der Waals surface area (Å²) in [5.41, 5.74) is 0.751. The van der Waals surface area contributed by atoms with Crippen LogP contribution in [0.3, 0.4) is 0 Å². The van der Waals surface area contributed by atoms with E-state index in [1.807, 2.05) is 13.0 Å². The highest BCUT2D eigenvalue weighted by Crippen LogP contribution is 2.28. The fourth-order valence-corrected chi connectivity index (χ4v) is 2.53. The molecule has 0 atom stereocenters. The molecule has 0 aliphatic carbocycles. The minimum absolute atomic E-state index is 0.0353. The van der Waals surface area contributed by atoms with Crippen molar-refractivity contribution in [3.05, 3.63) is 63.2 Å².